The number of benzene rings is 1. The molecule has 0 aliphatic heterocycles. The van der Waals surface area contributed by atoms with E-state index in [1.54, 1.807) is 6.20 Å². The summed E-state index contributed by atoms with van der Waals surface area (Å²) in [6.07, 6.45) is 12.1. The Morgan fingerprint density at radius 3 is 2.39 bits per heavy atom. The van der Waals surface area contributed by atoms with Crippen LogP contribution < -0.4 is 0 Å². The zero-order valence-electron chi connectivity index (χ0n) is 23.5. The molecule has 1 heterocycles. The molecule has 208 valence electrons. The topological polar surface area (TPSA) is 86.7 Å². The van der Waals surface area contributed by atoms with Gasteiger partial charge in [-0.2, -0.15) is 0 Å². The highest BCUT2D eigenvalue weighted by Crippen LogP contribution is 2.68. The lowest BCUT2D eigenvalue weighted by Gasteiger charge is -2.62. The van der Waals surface area contributed by atoms with Gasteiger partial charge < -0.3 is 19.8 Å². The number of hydrogen-bond acceptors (Lipinski definition) is 5. The summed E-state index contributed by atoms with van der Waals surface area (Å²) in [6, 6.07) is 10.4. The van der Waals surface area contributed by atoms with E-state index in [0.717, 1.165) is 62.7 Å². The van der Waals surface area contributed by atoms with E-state index in [2.05, 4.69) is 50.2 Å². The molecule has 10 atom stereocenters. The Bertz CT molecular complexity index is 1100. The van der Waals surface area contributed by atoms with Crippen LogP contribution in [0.1, 0.15) is 90.5 Å². The van der Waals surface area contributed by atoms with Crippen LogP contribution in [0.3, 0.4) is 0 Å². The molecule has 1 aromatic carbocycles. The molecular formula is C33H47NO4. The second-order valence-electron chi connectivity index (χ2n) is 14.2. The fourth-order valence-electron chi connectivity index (χ4n) is 10.3. The molecule has 2 aromatic rings. The lowest BCUT2D eigenvalue weighted by atomic mass is 9.43. The number of fused-ring (bicyclic) bond motifs is 5. The molecule has 4 saturated carbocycles. The maximum atomic E-state index is 11.9. The molecule has 5 nitrogen and oxygen atoms in total. The van der Waals surface area contributed by atoms with Gasteiger partial charge in [0, 0.05) is 11.6 Å². The van der Waals surface area contributed by atoms with Crippen molar-refractivity contribution in [1.82, 2.24) is 5.16 Å². The van der Waals surface area contributed by atoms with Crippen LogP contribution in [0.4, 0.5) is 0 Å². The third kappa shape index (κ3) is 4.37. The van der Waals surface area contributed by atoms with E-state index < -0.39 is 5.60 Å². The first-order chi connectivity index (χ1) is 18.1. The van der Waals surface area contributed by atoms with Crippen LogP contribution >= 0.6 is 0 Å². The largest absolute Gasteiger partial charge is 0.393 e. The normalized spacial score (nSPS) is 42.1. The summed E-state index contributed by atoms with van der Waals surface area (Å²) < 4.78 is 5.26. The van der Waals surface area contributed by atoms with Crippen molar-refractivity contribution in [2.75, 3.05) is 0 Å². The van der Waals surface area contributed by atoms with Crippen molar-refractivity contribution >= 4 is 0 Å². The lowest BCUT2D eigenvalue weighted by Crippen LogP contribution is -2.59. The third-order valence-corrected chi connectivity index (χ3v) is 12.2. The Hall–Kier alpha value is -1.69. The van der Waals surface area contributed by atoms with Crippen molar-refractivity contribution in [2.24, 2.45) is 40.4 Å². The highest BCUT2D eigenvalue weighted by atomic mass is 16.5. The van der Waals surface area contributed by atoms with Crippen LogP contribution in [0, 0.1) is 40.4 Å². The molecule has 0 saturated heterocycles. The van der Waals surface area contributed by atoms with E-state index >= 15 is 0 Å². The zero-order valence-corrected chi connectivity index (χ0v) is 23.5. The van der Waals surface area contributed by atoms with Crippen molar-refractivity contribution in [3.05, 3.63) is 42.1 Å². The Morgan fingerprint density at radius 1 is 0.921 bits per heavy atom. The molecule has 0 spiro atoms. The molecule has 4 aliphatic carbocycles. The summed E-state index contributed by atoms with van der Waals surface area (Å²) in [4.78, 5) is 0. The van der Waals surface area contributed by atoms with E-state index in [1.807, 2.05) is 6.07 Å². The van der Waals surface area contributed by atoms with Crippen LogP contribution in [0.15, 0.2) is 41.1 Å². The van der Waals surface area contributed by atoms with Gasteiger partial charge in [0.2, 0.25) is 0 Å². The van der Waals surface area contributed by atoms with E-state index in [-0.39, 0.29) is 29.0 Å². The van der Waals surface area contributed by atoms with Crippen LogP contribution in [-0.4, -0.2) is 38.3 Å². The van der Waals surface area contributed by atoms with Crippen LogP contribution in [0.5, 0.6) is 0 Å². The highest BCUT2D eigenvalue weighted by Gasteiger charge is 2.63. The molecule has 4 aliphatic rings. The first-order valence-corrected chi connectivity index (χ1v) is 15.2. The van der Waals surface area contributed by atoms with Gasteiger partial charge in [0.15, 0.2) is 5.76 Å². The highest BCUT2D eigenvalue weighted by molar-refractivity contribution is 5.56. The van der Waals surface area contributed by atoms with Crippen molar-refractivity contribution in [3.63, 3.8) is 0 Å². The third-order valence-electron chi connectivity index (χ3n) is 12.2. The number of rotatable bonds is 6. The van der Waals surface area contributed by atoms with Gasteiger partial charge in [-0.3, -0.25) is 0 Å². The summed E-state index contributed by atoms with van der Waals surface area (Å²) in [6.45, 7) is 6.99. The summed E-state index contributed by atoms with van der Waals surface area (Å²) >= 11 is 0. The van der Waals surface area contributed by atoms with Gasteiger partial charge in [-0.15, -0.1) is 0 Å². The Balaban J connectivity index is 1.11. The fourth-order valence-corrected chi connectivity index (χ4v) is 10.3. The van der Waals surface area contributed by atoms with Crippen LogP contribution in [0.2, 0.25) is 0 Å². The molecule has 5 heteroatoms. The van der Waals surface area contributed by atoms with Crippen molar-refractivity contribution < 1.29 is 19.8 Å². The van der Waals surface area contributed by atoms with Gasteiger partial charge in [-0.25, -0.2) is 0 Å². The average molecular weight is 522 g/mol. The summed E-state index contributed by atoms with van der Waals surface area (Å²) in [7, 11) is 0. The molecular weight excluding hydrogens is 474 g/mol. The van der Waals surface area contributed by atoms with Gasteiger partial charge in [0.1, 0.15) is 0 Å². The molecule has 0 bridgehead atoms. The number of aryl methyl sites for hydroxylation is 1. The van der Waals surface area contributed by atoms with Gasteiger partial charge in [0.05, 0.1) is 24.0 Å². The van der Waals surface area contributed by atoms with Crippen molar-refractivity contribution in [2.45, 2.75) is 109 Å². The van der Waals surface area contributed by atoms with Gasteiger partial charge in [-0.05, 0) is 124 Å². The Morgan fingerprint density at radius 2 is 1.66 bits per heavy atom. The Labute approximate surface area is 228 Å². The first kappa shape index (κ1) is 26.5. The maximum Gasteiger partial charge on any atom is 0.166 e. The van der Waals surface area contributed by atoms with Crippen LogP contribution in [-0.2, 0) is 6.42 Å². The SMILES string of the molecule is C[C@]12CC[C@H](O)C[C@@H]1[C@@H](O)C[C@@H]1[C@@H]2CC[C@@]2(C)[C@H]1CC[C@@H]2[C@@](C)(O)CCCc1ccc(-c2ccno2)cc1. The molecule has 6 rings (SSSR count). The van der Waals surface area contributed by atoms with Gasteiger partial charge >= 0.3 is 0 Å². The predicted molar refractivity (Wildman–Crippen MR) is 148 cm³/mol. The van der Waals surface area contributed by atoms with Crippen molar-refractivity contribution in [1.29, 1.82) is 0 Å². The smallest absolute Gasteiger partial charge is 0.166 e. The first-order valence-electron chi connectivity index (χ1n) is 15.2. The Kier molecular flexibility index (Phi) is 6.80. The molecule has 0 unspecified atom stereocenters. The lowest BCUT2D eigenvalue weighted by molar-refractivity contribution is -0.179. The van der Waals surface area contributed by atoms with E-state index in [1.165, 1.54) is 24.8 Å². The standard InChI is InChI=1S/C33H47NO4/c1-31-16-12-23(35)19-27(31)28(36)20-24-25-10-11-30(32(25,2)17-13-26(24)31)33(3,37)15-4-5-21-6-8-22(9-7-21)29-14-18-34-38-29/h6-9,14,18,23-28,30,35-37H,4-5,10-13,15-17,19-20H2,1-3H3/t23-,24-,25-,26-,27+,28-,30-,31+,32-,33-/m0/s1. The number of aliphatic hydroxyl groups is 3. The molecule has 1 aromatic heterocycles. The fraction of sp³-hybridized carbons (Fsp3) is 0.727. The summed E-state index contributed by atoms with van der Waals surface area (Å²) in [5.74, 6) is 3.11. The minimum Gasteiger partial charge on any atom is -0.393 e. The average Bonchev–Trinajstić information content (AvgIpc) is 3.54. The maximum absolute atomic E-state index is 11.9. The molecule has 3 N–H and O–H groups in total. The zero-order chi connectivity index (χ0) is 26.7. The second kappa shape index (κ2) is 9.74. The number of aliphatic hydroxyl groups excluding tert-OH is 2. The molecule has 0 amide bonds. The molecule has 0 radical (unpaired) electrons. The van der Waals surface area contributed by atoms with Gasteiger partial charge in [-0.1, -0.05) is 43.3 Å². The number of aromatic nitrogens is 1. The predicted octanol–water partition coefficient (Wildman–Crippen LogP) is 6.41. The van der Waals surface area contributed by atoms with Crippen molar-refractivity contribution in [3.8, 4) is 11.3 Å². The number of hydrogen-bond donors (Lipinski definition) is 3. The van der Waals surface area contributed by atoms with E-state index in [4.69, 9.17) is 4.52 Å². The van der Waals surface area contributed by atoms with Gasteiger partial charge in [0.25, 0.3) is 0 Å². The number of nitrogens with zero attached hydrogens (tertiary/aromatic N) is 1. The molecule has 4 fully saturated rings. The minimum atomic E-state index is -0.676. The quantitative estimate of drug-likeness (QED) is 0.409. The van der Waals surface area contributed by atoms with E-state index in [9.17, 15) is 15.3 Å². The van der Waals surface area contributed by atoms with E-state index in [0.29, 0.717) is 23.7 Å². The molecule has 38 heavy (non-hydrogen) atoms. The minimum absolute atomic E-state index is 0.139. The van der Waals surface area contributed by atoms with Crippen LogP contribution in [0.25, 0.3) is 11.3 Å². The second-order valence-corrected chi connectivity index (χ2v) is 14.2. The monoisotopic (exact) mass is 521 g/mol. The summed E-state index contributed by atoms with van der Waals surface area (Å²) in [5.41, 5.74) is 1.94. The summed E-state index contributed by atoms with van der Waals surface area (Å²) in [5, 5.41) is 37.3.